The van der Waals surface area contributed by atoms with Gasteiger partial charge >= 0.3 is 0 Å². The Balaban J connectivity index is 3.43. The van der Waals surface area contributed by atoms with Crippen LogP contribution >= 0.6 is 0 Å². The molecule has 0 fully saturated rings. The number of likely N-dealkylation sites (N-methyl/N-ethyl adjacent to an activating group) is 1. The third-order valence-corrected chi connectivity index (χ3v) is 1.32. The van der Waals surface area contributed by atoms with E-state index < -0.39 is 0 Å². The summed E-state index contributed by atoms with van der Waals surface area (Å²) in [5.74, 6) is 0.396. The van der Waals surface area contributed by atoms with Crippen LogP contribution in [-0.4, -0.2) is 25.6 Å². The Labute approximate surface area is 73.6 Å². The molecule has 0 aliphatic carbocycles. The number of hydroxylamine groups is 1. The number of nitrogens with one attached hydrogen (secondary N) is 2. The second-order valence-corrected chi connectivity index (χ2v) is 3.16. The molecule has 1 unspecified atom stereocenters. The van der Waals surface area contributed by atoms with Gasteiger partial charge in [0.05, 0.1) is 6.61 Å². The number of hydrogen-bond acceptors (Lipinski definition) is 3. The van der Waals surface area contributed by atoms with Gasteiger partial charge in [0.15, 0.2) is 0 Å². The second kappa shape index (κ2) is 5.97. The molecule has 1 atom stereocenters. The molecule has 12 heavy (non-hydrogen) atoms. The van der Waals surface area contributed by atoms with Gasteiger partial charge in [0.25, 0.3) is 0 Å². The van der Waals surface area contributed by atoms with E-state index in [1.165, 1.54) is 0 Å². The van der Waals surface area contributed by atoms with Crippen molar-refractivity contribution in [3.63, 3.8) is 0 Å². The van der Waals surface area contributed by atoms with Crippen molar-refractivity contribution in [3.8, 4) is 0 Å². The molecule has 0 rings (SSSR count). The van der Waals surface area contributed by atoms with Crippen LogP contribution in [0.3, 0.4) is 0 Å². The van der Waals surface area contributed by atoms with E-state index >= 15 is 0 Å². The monoisotopic (exact) mass is 174 g/mol. The van der Waals surface area contributed by atoms with Crippen LogP contribution in [0.15, 0.2) is 0 Å². The van der Waals surface area contributed by atoms with Gasteiger partial charge in [-0.05, 0) is 12.8 Å². The lowest BCUT2D eigenvalue weighted by molar-refractivity contribution is -0.126. The summed E-state index contributed by atoms with van der Waals surface area (Å²) in [7, 11) is 1.60. The first-order valence-corrected chi connectivity index (χ1v) is 4.16. The van der Waals surface area contributed by atoms with Crippen LogP contribution in [0.1, 0.15) is 20.8 Å². The van der Waals surface area contributed by atoms with Crippen LogP contribution in [0.2, 0.25) is 0 Å². The Morgan fingerprint density at radius 1 is 1.42 bits per heavy atom. The van der Waals surface area contributed by atoms with E-state index in [2.05, 4.69) is 10.8 Å². The highest BCUT2D eigenvalue weighted by Crippen LogP contribution is 1.91. The molecule has 0 aromatic rings. The van der Waals surface area contributed by atoms with Gasteiger partial charge in [-0.1, -0.05) is 13.8 Å². The van der Waals surface area contributed by atoms with Crippen molar-refractivity contribution < 1.29 is 9.63 Å². The Kier molecular flexibility index (Phi) is 5.66. The van der Waals surface area contributed by atoms with Gasteiger partial charge in [-0.25, -0.2) is 0 Å². The van der Waals surface area contributed by atoms with Gasteiger partial charge < -0.3 is 10.2 Å². The molecular formula is C8H18N2O2. The first kappa shape index (κ1) is 11.4. The Morgan fingerprint density at radius 3 is 2.42 bits per heavy atom. The Morgan fingerprint density at radius 2 is 2.00 bits per heavy atom. The molecule has 0 aromatic heterocycles. The van der Waals surface area contributed by atoms with Gasteiger partial charge in [-0.15, -0.1) is 0 Å². The predicted octanol–water partition coefficient (Wildman–Crippen LogP) is 0.298. The van der Waals surface area contributed by atoms with Crippen LogP contribution in [-0.2, 0) is 9.63 Å². The molecule has 72 valence electrons. The summed E-state index contributed by atoms with van der Waals surface area (Å²) >= 11 is 0. The zero-order valence-electron chi connectivity index (χ0n) is 8.18. The molecule has 0 radical (unpaired) electrons. The molecule has 4 heteroatoms. The van der Waals surface area contributed by atoms with Crippen molar-refractivity contribution in [3.05, 3.63) is 0 Å². The molecule has 0 aliphatic rings. The fourth-order valence-corrected chi connectivity index (χ4v) is 0.610. The molecule has 0 spiro atoms. The van der Waals surface area contributed by atoms with Crippen molar-refractivity contribution in [1.29, 1.82) is 0 Å². The van der Waals surface area contributed by atoms with Crippen molar-refractivity contribution in [2.45, 2.75) is 26.8 Å². The third-order valence-electron chi connectivity index (χ3n) is 1.32. The van der Waals surface area contributed by atoms with E-state index in [9.17, 15) is 4.79 Å². The smallest absolute Gasteiger partial charge is 0.238 e. The number of amides is 1. The zero-order valence-corrected chi connectivity index (χ0v) is 8.18. The minimum atomic E-state index is -0.297. The summed E-state index contributed by atoms with van der Waals surface area (Å²) in [4.78, 5) is 16.0. The second-order valence-electron chi connectivity index (χ2n) is 3.16. The topological polar surface area (TPSA) is 50.4 Å². The highest BCUT2D eigenvalue weighted by atomic mass is 16.6. The zero-order chi connectivity index (χ0) is 9.56. The molecule has 1 amide bonds. The van der Waals surface area contributed by atoms with Crippen LogP contribution < -0.4 is 10.8 Å². The van der Waals surface area contributed by atoms with Gasteiger partial charge in [-0.2, -0.15) is 5.48 Å². The van der Waals surface area contributed by atoms with Gasteiger partial charge in [-0.3, -0.25) is 4.79 Å². The van der Waals surface area contributed by atoms with Gasteiger partial charge in [0.2, 0.25) is 5.91 Å². The number of hydrogen-bond donors (Lipinski definition) is 2. The maximum absolute atomic E-state index is 10.9. The maximum atomic E-state index is 10.9. The highest BCUT2D eigenvalue weighted by molar-refractivity contribution is 5.80. The molecule has 0 aliphatic heterocycles. The van der Waals surface area contributed by atoms with Crippen molar-refractivity contribution in [2.24, 2.45) is 5.92 Å². The van der Waals surface area contributed by atoms with Crippen LogP contribution in [0, 0.1) is 5.92 Å². The number of carbonyl (C=O) groups excluding carboxylic acids is 1. The molecule has 2 N–H and O–H groups in total. The van der Waals surface area contributed by atoms with E-state index in [1.807, 2.05) is 13.8 Å². The van der Waals surface area contributed by atoms with E-state index in [0.717, 1.165) is 0 Å². The molecule has 0 saturated heterocycles. The average Bonchev–Trinajstić information content (AvgIpc) is 2.02. The Bertz CT molecular complexity index is 137. The molecular weight excluding hydrogens is 156 g/mol. The lowest BCUT2D eigenvalue weighted by atomic mass is 10.2. The standard InChI is InChI=1S/C8H18N2O2/c1-6(2)5-12-10-7(3)8(11)9-4/h6-7,10H,5H2,1-4H3,(H,9,11). The van der Waals surface area contributed by atoms with Gasteiger partial charge in [0, 0.05) is 7.05 Å². The minimum Gasteiger partial charge on any atom is -0.358 e. The fourth-order valence-electron chi connectivity index (χ4n) is 0.610. The minimum absolute atomic E-state index is 0.0706. The van der Waals surface area contributed by atoms with E-state index in [-0.39, 0.29) is 11.9 Å². The van der Waals surface area contributed by atoms with Crippen molar-refractivity contribution in [2.75, 3.05) is 13.7 Å². The Hall–Kier alpha value is -0.610. The molecule has 0 saturated carbocycles. The lowest BCUT2D eigenvalue weighted by Crippen LogP contribution is -2.40. The van der Waals surface area contributed by atoms with E-state index in [0.29, 0.717) is 12.5 Å². The normalized spacial score (nSPS) is 13.1. The largest absolute Gasteiger partial charge is 0.358 e. The first-order chi connectivity index (χ1) is 5.57. The van der Waals surface area contributed by atoms with E-state index in [4.69, 9.17) is 4.84 Å². The molecule has 0 bridgehead atoms. The summed E-state index contributed by atoms with van der Waals surface area (Å²) in [6.07, 6.45) is 0. The summed E-state index contributed by atoms with van der Waals surface area (Å²) in [5, 5.41) is 2.52. The summed E-state index contributed by atoms with van der Waals surface area (Å²) in [5.41, 5.74) is 2.65. The maximum Gasteiger partial charge on any atom is 0.238 e. The summed E-state index contributed by atoms with van der Waals surface area (Å²) in [6, 6.07) is -0.297. The number of carbonyl (C=O) groups is 1. The fraction of sp³-hybridized carbons (Fsp3) is 0.875. The summed E-state index contributed by atoms with van der Waals surface area (Å²) < 4.78 is 0. The quantitative estimate of drug-likeness (QED) is 0.589. The average molecular weight is 174 g/mol. The van der Waals surface area contributed by atoms with Crippen LogP contribution in [0.5, 0.6) is 0 Å². The summed E-state index contributed by atoms with van der Waals surface area (Å²) in [6.45, 7) is 6.46. The molecule has 0 aromatic carbocycles. The number of rotatable bonds is 5. The predicted molar refractivity (Wildman–Crippen MR) is 47.5 cm³/mol. The van der Waals surface area contributed by atoms with Gasteiger partial charge in [0.1, 0.15) is 6.04 Å². The van der Waals surface area contributed by atoms with Crippen LogP contribution in [0.4, 0.5) is 0 Å². The molecule has 4 nitrogen and oxygen atoms in total. The lowest BCUT2D eigenvalue weighted by Gasteiger charge is -2.13. The van der Waals surface area contributed by atoms with Crippen molar-refractivity contribution >= 4 is 5.91 Å². The highest BCUT2D eigenvalue weighted by Gasteiger charge is 2.09. The first-order valence-electron chi connectivity index (χ1n) is 4.16. The molecule has 0 heterocycles. The van der Waals surface area contributed by atoms with Crippen molar-refractivity contribution in [1.82, 2.24) is 10.8 Å². The SMILES string of the molecule is CNC(=O)C(C)NOCC(C)C. The van der Waals surface area contributed by atoms with Crippen LogP contribution in [0.25, 0.3) is 0 Å². The van der Waals surface area contributed by atoms with E-state index in [1.54, 1.807) is 14.0 Å². The third kappa shape index (κ3) is 5.09.